The van der Waals surface area contributed by atoms with Crippen molar-refractivity contribution in [3.8, 4) is 5.75 Å². The zero-order valence-corrected chi connectivity index (χ0v) is 11.1. The van der Waals surface area contributed by atoms with E-state index in [1.54, 1.807) is 7.11 Å². The number of ether oxygens (including phenoxy) is 1. The van der Waals surface area contributed by atoms with Gasteiger partial charge < -0.3 is 4.74 Å². The van der Waals surface area contributed by atoms with Crippen LogP contribution in [0.5, 0.6) is 5.75 Å². The second kappa shape index (κ2) is 4.56. The van der Waals surface area contributed by atoms with Crippen LogP contribution >= 0.6 is 9.24 Å². The van der Waals surface area contributed by atoms with E-state index in [1.807, 2.05) is 12.1 Å². The molecular weight excluding hydrogens is 243 g/mol. The highest BCUT2D eigenvalue weighted by Crippen LogP contribution is 2.33. The number of hydrogen-bond acceptors (Lipinski definition) is 2. The van der Waals surface area contributed by atoms with Crippen molar-refractivity contribution in [1.82, 2.24) is 0 Å². The molecule has 1 aromatic rings. The molecule has 0 N–H and O–H groups in total. The van der Waals surface area contributed by atoms with Crippen LogP contribution in [-0.4, -0.2) is 7.11 Å². The van der Waals surface area contributed by atoms with Gasteiger partial charge in [0.2, 0.25) is 0 Å². The number of methoxy groups -OCH3 is 1. The summed E-state index contributed by atoms with van der Waals surface area (Å²) in [5, 5.41) is 2.07. The van der Waals surface area contributed by atoms with Crippen molar-refractivity contribution in [2.75, 3.05) is 7.11 Å². The van der Waals surface area contributed by atoms with Crippen molar-refractivity contribution in [2.45, 2.75) is 0 Å². The molecule has 15 heavy (non-hydrogen) atoms. The van der Waals surface area contributed by atoms with E-state index in [9.17, 15) is 0 Å². The van der Waals surface area contributed by atoms with Crippen LogP contribution in [0.4, 0.5) is 0 Å². The largest absolute Gasteiger partial charge is 0.497 e. The monoisotopic (exact) mass is 254 g/mol. The SMILES string of the molecule is COc1ccc(C2=C(P)S(=S)C=C2)cc1. The lowest BCUT2D eigenvalue weighted by Gasteiger charge is -2.04. The van der Waals surface area contributed by atoms with E-state index in [2.05, 4.69) is 32.9 Å². The Kier molecular flexibility index (Phi) is 3.35. The summed E-state index contributed by atoms with van der Waals surface area (Å²) in [5.41, 5.74) is 2.41. The molecule has 0 saturated carbocycles. The molecule has 0 bridgehead atoms. The van der Waals surface area contributed by atoms with Crippen LogP contribution in [0, 0.1) is 0 Å². The van der Waals surface area contributed by atoms with Gasteiger partial charge in [-0.05, 0) is 45.9 Å². The predicted molar refractivity (Wildman–Crippen MR) is 73.5 cm³/mol. The summed E-state index contributed by atoms with van der Waals surface area (Å²) in [4.78, 5) is 0. The molecule has 1 nitrogen and oxygen atoms in total. The third-order valence-corrected chi connectivity index (χ3v) is 5.74. The number of rotatable bonds is 2. The van der Waals surface area contributed by atoms with E-state index >= 15 is 0 Å². The minimum atomic E-state index is -0.141. The van der Waals surface area contributed by atoms with Gasteiger partial charge in [0.25, 0.3) is 0 Å². The summed E-state index contributed by atoms with van der Waals surface area (Å²) in [6.45, 7) is 0. The lowest BCUT2D eigenvalue weighted by Crippen LogP contribution is -1.85. The Hall–Kier alpha value is -0.500. The van der Waals surface area contributed by atoms with Gasteiger partial charge in [-0.2, -0.15) is 0 Å². The van der Waals surface area contributed by atoms with Gasteiger partial charge in [0.15, 0.2) is 0 Å². The van der Waals surface area contributed by atoms with Crippen molar-refractivity contribution < 1.29 is 4.74 Å². The molecule has 1 aliphatic rings. The van der Waals surface area contributed by atoms with Crippen molar-refractivity contribution in [3.05, 3.63) is 46.0 Å². The first-order chi connectivity index (χ1) is 7.22. The van der Waals surface area contributed by atoms with E-state index in [4.69, 9.17) is 15.9 Å². The normalized spacial score (nSPS) is 19.7. The van der Waals surface area contributed by atoms with Crippen LogP contribution in [0.2, 0.25) is 0 Å². The van der Waals surface area contributed by atoms with Crippen LogP contribution in [0.25, 0.3) is 5.57 Å². The molecule has 4 heteroatoms. The fourth-order valence-corrected chi connectivity index (χ4v) is 3.15. The molecule has 0 spiro atoms. The first-order valence-corrected chi connectivity index (χ1v) is 7.24. The summed E-state index contributed by atoms with van der Waals surface area (Å²) < 4.78 is 6.33. The van der Waals surface area contributed by atoms with E-state index in [0.29, 0.717) is 0 Å². The molecule has 0 aromatic heterocycles. The molecule has 1 heterocycles. The first kappa shape index (κ1) is 11.0. The molecule has 2 atom stereocenters. The average Bonchev–Trinajstić information content (AvgIpc) is 2.60. The van der Waals surface area contributed by atoms with Gasteiger partial charge in [-0.3, -0.25) is 0 Å². The zero-order valence-electron chi connectivity index (χ0n) is 8.27. The van der Waals surface area contributed by atoms with Gasteiger partial charge in [0.1, 0.15) is 5.75 Å². The smallest absolute Gasteiger partial charge is 0.118 e. The quantitative estimate of drug-likeness (QED) is 0.751. The second-order valence-corrected chi connectivity index (χ2v) is 6.49. The highest BCUT2D eigenvalue weighted by Gasteiger charge is 2.10. The molecular formula is C11H11OPS2. The molecule has 1 aromatic carbocycles. The molecule has 0 fully saturated rings. The van der Waals surface area contributed by atoms with E-state index in [1.165, 1.54) is 15.8 Å². The Morgan fingerprint density at radius 1 is 1.27 bits per heavy atom. The van der Waals surface area contributed by atoms with Gasteiger partial charge >= 0.3 is 0 Å². The molecule has 2 rings (SSSR count). The maximum atomic E-state index is 5.29. The summed E-state index contributed by atoms with van der Waals surface area (Å²) in [6, 6.07) is 8.04. The first-order valence-electron chi connectivity index (χ1n) is 4.45. The highest BCUT2D eigenvalue weighted by molar-refractivity contribution is 8.34. The van der Waals surface area contributed by atoms with Gasteiger partial charge in [0.05, 0.1) is 7.11 Å². The van der Waals surface area contributed by atoms with E-state index in [-0.39, 0.29) is 9.45 Å². The van der Waals surface area contributed by atoms with Gasteiger partial charge in [-0.15, -0.1) is 0 Å². The summed E-state index contributed by atoms with van der Waals surface area (Å²) >= 11 is 5.29. The number of benzene rings is 1. The number of hydrogen-bond donors (Lipinski definition) is 0. The molecule has 78 valence electrons. The number of allylic oxidation sites excluding steroid dienone is 2. The Balaban J connectivity index is 2.39. The third-order valence-electron chi connectivity index (χ3n) is 2.24. The Bertz CT molecular complexity index is 460. The van der Waals surface area contributed by atoms with Gasteiger partial charge in [-0.1, -0.05) is 30.8 Å². The second-order valence-electron chi connectivity index (χ2n) is 3.11. The fourth-order valence-electron chi connectivity index (χ4n) is 1.40. The van der Waals surface area contributed by atoms with Crippen LogP contribution in [0.15, 0.2) is 40.4 Å². The van der Waals surface area contributed by atoms with Gasteiger partial charge in [-0.25, -0.2) is 0 Å². The zero-order chi connectivity index (χ0) is 10.8. The molecule has 0 saturated heterocycles. The van der Waals surface area contributed by atoms with Crippen molar-refractivity contribution >= 4 is 35.5 Å². The topological polar surface area (TPSA) is 9.23 Å². The lowest BCUT2D eigenvalue weighted by molar-refractivity contribution is 0.415. The minimum absolute atomic E-state index is 0.141. The molecule has 0 aliphatic carbocycles. The van der Waals surface area contributed by atoms with Crippen LogP contribution in [0.1, 0.15) is 5.56 Å². The van der Waals surface area contributed by atoms with Crippen molar-refractivity contribution in [1.29, 1.82) is 0 Å². The maximum Gasteiger partial charge on any atom is 0.118 e. The average molecular weight is 254 g/mol. The van der Waals surface area contributed by atoms with Gasteiger partial charge in [0, 0.05) is 4.65 Å². The molecule has 2 unspecified atom stereocenters. The van der Waals surface area contributed by atoms with Crippen molar-refractivity contribution in [2.24, 2.45) is 0 Å². The Labute approximate surface area is 99.0 Å². The standard InChI is InChI=1S/C11H11OPS2/c1-12-9-4-2-8(3-5-9)10-6-7-15(14)11(10)13/h2-7H,13H2,1H3. The summed E-state index contributed by atoms with van der Waals surface area (Å²) in [6.07, 6.45) is 2.10. The summed E-state index contributed by atoms with van der Waals surface area (Å²) in [5.74, 6) is 0.879. The molecule has 0 radical (unpaired) electrons. The highest BCUT2D eigenvalue weighted by atomic mass is 32.8. The predicted octanol–water partition coefficient (Wildman–Crippen LogP) is 2.85. The van der Waals surface area contributed by atoms with Crippen LogP contribution in [0.3, 0.4) is 0 Å². The maximum absolute atomic E-state index is 5.29. The minimum Gasteiger partial charge on any atom is -0.497 e. The third kappa shape index (κ3) is 2.20. The van der Waals surface area contributed by atoms with Crippen molar-refractivity contribution in [3.63, 3.8) is 0 Å². The van der Waals surface area contributed by atoms with Crippen LogP contribution in [-0.2, 0) is 20.6 Å². The molecule has 1 aliphatic heterocycles. The van der Waals surface area contributed by atoms with E-state index in [0.717, 1.165) is 5.75 Å². The lowest BCUT2D eigenvalue weighted by atomic mass is 10.1. The molecule has 0 amide bonds. The Morgan fingerprint density at radius 2 is 1.93 bits per heavy atom. The summed E-state index contributed by atoms with van der Waals surface area (Å²) in [7, 11) is 4.27. The Morgan fingerprint density at radius 3 is 2.40 bits per heavy atom. The fraction of sp³-hybridized carbons (Fsp3) is 0.0909. The van der Waals surface area contributed by atoms with Crippen LogP contribution < -0.4 is 4.74 Å². The van der Waals surface area contributed by atoms with E-state index < -0.39 is 0 Å².